The van der Waals surface area contributed by atoms with Gasteiger partial charge in [-0.1, -0.05) is 13.8 Å². The molecule has 1 saturated heterocycles. The summed E-state index contributed by atoms with van der Waals surface area (Å²) in [5.74, 6) is 0.735. The quantitative estimate of drug-likeness (QED) is 0.369. The summed E-state index contributed by atoms with van der Waals surface area (Å²) in [5.41, 5.74) is 2.58. The van der Waals surface area contributed by atoms with Gasteiger partial charge in [-0.05, 0) is 55.5 Å². The average Bonchev–Trinajstić information content (AvgIpc) is 2.89. The van der Waals surface area contributed by atoms with Gasteiger partial charge in [-0.15, -0.1) is 0 Å². The number of pyridine rings is 4. The molecule has 1 fully saturated rings. The van der Waals surface area contributed by atoms with Gasteiger partial charge in [-0.3, -0.25) is 9.78 Å². The van der Waals surface area contributed by atoms with Gasteiger partial charge in [0.2, 0.25) is 0 Å². The van der Waals surface area contributed by atoms with Crippen LogP contribution in [0.25, 0.3) is 22.3 Å². The molecule has 11 heteroatoms. The second kappa shape index (κ2) is 10.9. The number of carbonyl (C=O) groups excluding carboxylic acids is 1. The first-order valence-corrected chi connectivity index (χ1v) is 15.0. The van der Waals surface area contributed by atoms with Crippen LogP contribution < -0.4 is 10.2 Å². The summed E-state index contributed by atoms with van der Waals surface area (Å²) in [6, 6.07) is 10.9. The van der Waals surface area contributed by atoms with Crippen LogP contribution in [0.2, 0.25) is 0 Å². The number of amides is 1. The Morgan fingerprint density at radius 2 is 1.77 bits per heavy atom. The summed E-state index contributed by atoms with van der Waals surface area (Å²) in [6.07, 6.45) is 3.88. The topological polar surface area (TPSA) is 118 Å². The van der Waals surface area contributed by atoms with Gasteiger partial charge in [0.1, 0.15) is 17.3 Å². The molecule has 0 aromatic carbocycles. The van der Waals surface area contributed by atoms with Crippen molar-refractivity contribution in [3.63, 3.8) is 0 Å². The second-order valence-electron chi connectivity index (χ2n) is 10.7. The lowest BCUT2D eigenvalue weighted by atomic mass is 9.92. The van der Waals surface area contributed by atoms with E-state index < -0.39 is 15.7 Å². The van der Waals surface area contributed by atoms with Crippen LogP contribution in [0.3, 0.4) is 0 Å². The highest BCUT2D eigenvalue weighted by Gasteiger charge is 2.24. The zero-order valence-electron chi connectivity index (χ0n) is 22.8. The predicted octanol–water partition coefficient (Wildman–Crippen LogP) is 4.35. The fourth-order valence-electron chi connectivity index (χ4n) is 5.15. The Labute approximate surface area is 232 Å². The average molecular weight is 563 g/mol. The number of hydrogen-bond acceptors (Lipinski definition) is 8. The fourth-order valence-corrected chi connectivity index (χ4v) is 5.86. The lowest BCUT2D eigenvalue weighted by molar-refractivity contribution is 0.0945. The second-order valence-corrected chi connectivity index (χ2v) is 12.7. The van der Waals surface area contributed by atoms with Crippen LogP contribution in [0.5, 0.6) is 0 Å². The summed E-state index contributed by atoms with van der Waals surface area (Å²) in [7, 11) is -3.49. The number of rotatable bonds is 6. The number of aryl methyl sites for hydroxylation is 1. The highest BCUT2D eigenvalue weighted by Crippen LogP contribution is 2.28. The van der Waals surface area contributed by atoms with Crippen LogP contribution in [-0.4, -0.2) is 53.6 Å². The van der Waals surface area contributed by atoms with Crippen molar-refractivity contribution in [2.45, 2.75) is 38.6 Å². The third kappa shape index (κ3) is 6.25. The zero-order chi connectivity index (χ0) is 28.6. The summed E-state index contributed by atoms with van der Waals surface area (Å²) in [5, 5.41) is 3.52. The number of nitrogens with one attached hydrogen (secondary N) is 1. The zero-order valence-corrected chi connectivity index (χ0v) is 23.7. The highest BCUT2D eigenvalue weighted by molar-refractivity contribution is 7.90. The first kappa shape index (κ1) is 27.6. The molecule has 4 aromatic heterocycles. The summed E-state index contributed by atoms with van der Waals surface area (Å²) in [6.45, 7) is 7.78. The molecule has 5 heterocycles. The minimum Gasteiger partial charge on any atom is -0.356 e. The Hall–Kier alpha value is -3.99. The first-order valence-electron chi connectivity index (χ1n) is 13.1. The third-order valence-electron chi connectivity index (χ3n) is 6.88. The van der Waals surface area contributed by atoms with Gasteiger partial charge in [0, 0.05) is 48.8 Å². The van der Waals surface area contributed by atoms with Crippen LogP contribution >= 0.6 is 0 Å². The molecule has 0 radical (unpaired) electrons. The van der Waals surface area contributed by atoms with E-state index in [-0.39, 0.29) is 23.0 Å². The van der Waals surface area contributed by atoms with Crippen LogP contribution in [0.4, 0.5) is 10.2 Å². The van der Waals surface area contributed by atoms with Crippen LogP contribution in [0, 0.1) is 24.6 Å². The molecule has 0 unspecified atom stereocenters. The molecule has 0 aliphatic carbocycles. The molecule has 9 nitrogen and oxygen atoms in total. The Balaban J connectivity index is 1.37. The largest absolute Gasteiger partial charge is 0.356 e. The van der Waals surface area contributed by atoms with E-state index in [2.05, 4.69) is 34.0 Å². The van der Waals surface area contributed by atoms with E-state index in [0.29, 0.717) is 45.9 Å². The Morgan fingerprint density at radius 3 is 2.50 bits per heavy atom. The Kier molecular flexibility index (Phi) is 7.50. The van der Waals surface area contributed by atoms with Gasteiger partial charge in [-0.2, -0.15) is 0 Å². The smallest absolute Gasteiger partial charge is 0.270 e. The molecule has 40 heavy (non-hydrogen) atoms. The minimum atomic E-state index is -3.49. The van der Waals surface area contributed by atoms with Gasteiger partial charge in [0.15, 0.2) is 9.84 Å². The molecule has 1 aliphatic rings. The first-order chi connectivity index (χ1) is 18.9. The van der Waals surface area contributed by atoms with E-state index in [0.717, 1.165) is 31.2 Å². The van der Waals surface area contributed by atoms with Crippen molar-refractivity contribution < 1.29 is 17.6 Å². The SMILES string of the molecule is Cc1cc(S(C)(=O)=O)cc(C(=O)NCc2cc3nc(-c4cc(F)cc(N5C[C@H](C)C[C@H](C)C5)n4)ccc3cn2)n1. The lowest BCUT2D eigenvalue weighted by Crippen LogP contribution is -2.39. The van der Waals surface area contributed by atoms with Crippen LogP contribution in [0.1, 0.15) is 42.1 Å². The molecule has 1 amide bonds. The molecular weight excluding hydrogens is 531 g/mol. The maximum absolute atomic E-state index is 14.7. The van der Waals surface area contributed by atoms with E-state index in [1.165, 1.54) is 24.3 Å². The molecular formula is C29H31FN6O3S. The molecule has 208 valence electrons. The van der Waals surface area contributed by atoms with Crippen molar-refractivity contribution >= 4 is 32.5 Å². The van der Waals surface area contributed by atoms with E-state index in [9.17, 15) is 17.6 Å². The normalized spacial score (nSPS) is 17.7. The lowest BCUT2D eigenvalue weighted by Gasteiger charge is -2.36. The van der Waals surface area contributed by atoms with E-state index >= 15 is 0 Å². The molecule has 0 bridgehead atoms. The van der Waals surface area contributed by atoms with Crippen molar-refractivity contribution in [3.8, 4) is 11.4 Å². The van der Waals surface area contributed by atoms with Crippen LogP contribution in [0.15, 0.2) is 53.6 Å². The number of sulfone groups is 1. The number of piperidine rings is 1. The van der Waals surface area contributed by atoms with Gasteiger partial charge in [0.05, 0.1) is 34.0 Å². The monoisotopic (exact) mass is 562 g/mol. The van der Waals surface area contributed by atoms with E-state index in [1.54, 1.807) is 25.3 Å². The number of aromatic nitrogens is 4. The van der Waals surface area contributed by atoms with Crippen molar-refractivity contribution in [3.05, 3.63) is 71.6 Å². The summed E-state index contributed by atoms with van der Waals surface area (Å²) < 4.78 is 38.6. The third-order valence-corrected chi connectivity index (χ3v) is 7.97. The van der Waals surface area contributed by atoms with E-state index in [1.807, 2.05) is 6.07 Å². The highest BCUT2D eigenvalue weighted by atomic mass is 32.2. The van der Waals surface area contributed by atoms with Crippen molar-refractivity contribution in [1.82, 2.24) is 25.3 Å². The molecule has 0 spiro atoms. The van der Waals surface area contributed by atoms with Gasteiger partial charge < -0.3 is 10.2 Å². The number of halogens is 1. The molecule has 5 rings (SSSR count). The minimum absolute atomic E-state index is 0.00658. The van der Waals surface area contributed by atoms with Crippen LogP contribution in [-0.2, 0) is 16.4 Å². The molecule has 2 atom stereocenters. The van der Waals surface area contributed by atoms with Crippen molar-refractivity contribution in [1.29, 1.82) is 0 Å². The number of hydrogen-bond donors (Lipinski definition) is 1. The molecule has 0 saturated carbocycles. The summed E-state index contributed by atoms with van der Waals surface area (Å²) in [4.78, 5) is 32.9. The van der Waals surface area contributed by atoms with Gasteiger partial charge >= 0.3 is 0 Å². The summed E-state index contributed by atoms with van der Waals surface area (Å²) >= 11 is 0. The standard InChI is InChI=1S/C29H31FN6O3S/c1-17-7-18(2)16-36(15-17)28-10-21(30)9-26(35-28)24-6-5-20-13-31-22(11-25(20)34-24)14-32-29(37)27-12-23(40(4,38)39)8-19(3)33-27/h5-6,8-13,17-18H,7,14-16H2,1-4H3,(H,32,37)/t17-,18+. The fraction of sp³-hybridized carbons (Fsp3) is 0.345. The maximum atomic E-state index is 14.7. The Morgan fingerprint density at radius 1 is 1.02 bits per heavy atom. The predicted molar refractivity (Wildman–Crippen MR) is 151 cm³/mol. The maximum Gasteiger partial charge on any atom is 0.270 e. The van der Waals surface area contributed by atoms with Crippen molar-refractivity contribution in [2.24, 2.45) is 11.8 Å². The van der Waals surface area contributed by atoms with Crippen molar-refractivity contribution in [2.75, 3.05) is 24.2 Å². The number of anilines is 1. The van der Waals surface area contributed by atoms with E-state index in [4.69, 9.17) is 9.97 Å². The van der Waals surface area contributed by atoms with Gasteiger partial charge in [0.25, 0.3) is 5.91 Å². The van der Waals surface area contributed by atoms with Gasteiger partial charge in [-0.25, -0.2) is 27.8 Å². The number of carbonyl (C=O) groups is 1. The Bertz CT molecular complexity index is 1700. The number of fused-ring (bicyclic) bond motifs is 1. The molecule has 4 aromatic rings. The molecule has 1 N–H and O–H groups in total. The number of nitrogens with zero attached hydrogens (tertiary/aromatic N) is 5. The molecule has 1 aliphatic heterocycles.